The number of hydroxylamine groups is 1. The van der Waals surface area contributed by atoms with Crippen LogP contribution in [0.25, 0.3) is 0 Å². The fourth-order valence-corrected chi connectivity index (χ4v) is 8.32. The van der Waals surface area contributed by atoms with Crippen molar-refractivity contribution >= 4 is 15.7 Å². The molecule has 0 spiro atoms. The van der Waals surface area contributed by atoms with Gasteiger partial charge in [0.05, 0.1) is 11.0 Å². The molecule has 0 aromatic heterocycles. The first-order valence-corrected chi connectivity index (χ1v) is 15.9. The molecule has 2 aliphatic heterocycles. The van der Waals surface area contributed by atoms with Crippen LogP contribution in [-0.4, -0.2) is 51.3 Å². The van der Waals surface area contributed by atoms with E-state index in [4.69, 9.17) is 14.3 Å². The van der Waals surface area contributed by atoms with Gasteiger partial charge in [-0.3, -0.25) is 4.79 Å². The molecule has 3 aliphatic rings. The molecule has 1 saturated carbocycles. The van der Waals surface area contributed by atoms with Crippen LogP contribution in [0.1, 0.15) is 63.0 Å². The molecule has 2 saturated heterocycles. The number of sulfone groups is 1. The largest absolute Gasteiger partial charge is 0.457 e. The summed E-state index contributed by atoms with van der Waals surface area (Å²) in [6, 6.07) is 16.0. The van der Waals surface area contributed by atoms with E-state index in [1.54, 1.807) is 0 Å². The van der Waals surface area contributed by atoms with Crippen molar-refractivity contribution in [2.75, 3.05) is 25.4 Å². The number of ether oxygens (including phenoxy) is 2. The quantitative estimate of drug-likeness (QED) is 0.464. The van der Waals surface area contributed by atoms with Crippen LogP contribution < -0.4 is 15.5 Å². The number of hydrogen-bond donors (Lipinski definition) is 2. The molecule has 3 fully saturated rings. The zero-order valence-corrected chi connectivity index (χ0v) is 23.5. The summed E-state index contributed by atoms with van der Waals surface area (Å²) in [5.41, 5.74) is 4.38. The van der Waals surface area contributed by atoms with Crippen LogP contribution >= 0.6 is 0 Å². The number of carbonyl (C=O) groups is 1. The van der Waals surface area contributed by atoms with Crippen molar-refractivity contribution in [3.63, 3.8) is 0 Å². The Hall–Kier alpha value is -2.46. The standard InChI is InChI=1S/C30H40N2O6S/c1-2-22-6-10-25(11-7-22)37-26-12-8-24(9-13-26)30(20-28(33)32-38-29-5-3-4-17-36-29)15-14-27-23(19-30)21-31-16-18-39(27,34)35/h6-13,23,27,29,31H,2-5,14-21H2,1H3,(H,32,33). The normalized spacial score (nSPS) is 28.6. The average molecular weight is 557 g/mol. The molecule has 39 heavy (non-hydrogen) atoms. The van der Waals surface area contributed by atoms with E-state index >= 15 is 0 Å². The summed E-state index contributed by atoms with van der Waals surface area (Å²) in [7, 11) is -3.18. The number of fused-ring (bicyclic) bond motifs is 1. The van der Waals surface area contributed by atoms with Gasteiger partial charge in [-0.05, 0) is 86.4 Å². The Bertz CT molecular complexity index is 1210. The molecule has 212 valence electrons. The monoisotopic (exact) mass is 556 g/mol. The van der Waals surface area contributed by atoms with Gasteiger partial charge in [0.2, 0.25) is 5.91 Å². The maximum atomic E-state index is 13.2. The highest BCUT2D eigenvalue weighted by Crippen LogP contribution is 2.47. The van der Waals surface area contributed by atoms with Crippen LogP contribution in [0.2, 0.25) is 0 Å². The highest BCUT2D eigenvalue weighted by atomic mass is 32.2. The average Bonchev–Trinajstić information content (AvgIpc) is 3.10. The van der Waals surface area contributed by atoms with Crippen molar-refractivity contribution in [3.8, 4) is 11.5 Å². The summed E-state index contributed by atoms with van der Waals surface area (Å²) in [5.74, 6) is 1.37. The molecule has 2 aromatic rings. The third-order valence-corrected chi connectivity index (χ3v) is 10.8. The van der Waals surface area contributed by atoms with Gasteiger partial charge in [-0.2, -0.15) is 0 Å². The Morgan fingerprint density at radius 3 is 2.51 bits per heavy atom. The summed E-state index contributed by atoms with van der Waals surface area (Å²) < 4.78 is 37.6. The molecule has 4 unspecified atom stereocenters. The van der Waals surface area contributed by atoms with Gasteiger partial charge in [0.15, 0.2) is 16.1 Å². The lowest BCUT2D eigenvalue weighted by Gasteiger charge is -2.44. The van der Waals surface area contributed by atoms with Crippen LogP contribution in [0.5, 0.6) is 11.5 Å². The van der Waals surface area contributed by atoms with Gasteiger partial charge < -0.3 is 14.8 Å². The van der Waals surface area contributed by atoms with Crippen LogP contribution in [0.4, 0.5) is 0 Å². The number of rotatable bonds is 8. The second kappa shape index (κ2) is 12.4. The number of amides is 1. The van der Waals surface area contributed by atoms with E-state index in [-0.39, 0.29) is 29.2 Å². The minimum absolute atomic E-state index is 0.0605. The predicted molar refractivity (Wildman–Crippen MR) is 149 cm³/mol. The molecule has 4 atom stereocenters. The summed E-state index contributed by atoms with van der Waals surface area (Å²) in [4.78, 5) is 18.8. The lowest BCUT2D eigenvalue weighted by molar-refractivity contribution is -0.201. The Labute approximate surface area is 231 Å². The summed E-state index contributed by atoms with van der Waals surface area (Å²) in [6.45, 7) is 3.86. The number of benzene rings is 2. The van der Waals surface area contributed by atoms with Crippen molar-refractivity contribution in [3.05, 3.63) is 59.7 Å². The lowest BCUT2D eigenvalue weighted by atomic mass is 9.63. The minimum atomic E-state index is -3.18. The molecule has 0 radical (unpaired) electrons. The smallest absolute Gasteiger partial charge is 0.244 e. The van der Waals surface area contributed by atoms with Gasteiger partial charge in [0, 0.05) is 31.4 Å². The van der Waals surface area contributed by atoms with E-state index < -0.39 is 21.5 Å². The zero-order valence-electron chi connectivity index (χ0n) is 22.7. The first-order chi connectivity index (χ1) is 18.9. The molecule has 8 nitrogen and oxygen atoms in total. The number of carbonyl (C=O) groups excluding carboxylic acids is 1. The minimum Gasteiger partial charge on any atom is -0.457 e. The number of nitrogens with one attached hydrogen (secondary N) is 2. The van der Waals surface area contributed by atoms with Crippen molar-refractivity contribution < 1.29 is 27.5 Å². The fraction of sp³-hybridized carbons (Fsp3) is 0.567. The molecule has 2 aromatic carbocycles. The summed E-state index contributed by atoms with van der Waals surface area (Å²) in [5, 5.41) is 2.95. The predicted octanol–water partition coefficient (Wildman–Crippen LogP) is 4.43. The number of aryl methyl sites for hydroxylation is 1. The van der Waals surface area contributed by atoms with Crippen LogP contribution in [0.15, 0.2) is 48.5 Å². The van der Waals surface area contributed by atoms with Crippen molar-refractivity contribution in [1.29, 1.82) is 0 Å². The van der Waals surface area contributed by atoms with Gasteiger partial charge in [-0.1, -0.05) is 31.2 Å². The Morgan fingerprint density at radius 1 is 1.08 bits per heavy atom. The maximum Gasteiger partial charge on any atom is 0.244 e. The zero-order chi connectivity index (χ0) is 27.3. The van der Waals surface area contributed by atoms with E-state index in [2.05, 4.69) is 29.9 Å². The van der Waals surface area contributed by atoms with E-state index in [0.717, 1.165) is 37.0 Å². The van der Waals surface area contributed by atoms with E-state index in [9.17, 15) is 13.2 Å². The molecular formula is C30H40N2O6S. The summed E-state index contributed by atoms with van der Waals surface area (Å²) in [6.07, 6.45) is 5.27. The van der Waals surface area contributed by atoms with Gasteiger partial charge >= 0.3 is 0 Å². The fourth-order valence-electron chi connectivity index (χ4n) is 6.33. The highest BCUT2D eigenvalue weighted by molar-refractivity contribution is 7.92. The molecule has 2 N–H and O–H groups in total. The topological polar surface area (TPSA) is 103 Å². The third kappa shape index (κ3) is 6.82. The van der Waals surface area contributed by atoms with Crippen molar-refractivity contribution in [2.45, 2.75) is 75.2 Å². The Morgan fingerprint density at radius 2 is 1.82 bits per heavy atom. The lowest BCUT2D eigenvalue weighted by Crippen LogP contribution is -2.47. The SMILES string of the molecule is CCc1ccc(Oc2ccc(C3(CC(=O)NOC4CCCCO4)CCC4C(CNCCS4(=O)=O)C3)cc2)cc1. The molecule has 9 heteroatoms. The van der Waals surface area contributed by atoms with E-state index in [0.29, 0.717) is 44.7 Å². The molecular weight excluding hydrogens is 516 g/mol. The van der Waals surface area contributed by atoms with Gasteiger partial charge in [0.25, 0.3) is 0 Å². The first-order valence-electron chi connectivity index (χ1n) is 14.2. The molecule has 0 bridgehead atoms. The second-order valence-corrected chi connectivity index (χ2v) is 13.5. The van der Waals surface area contributed by atoms with Crippen molar-refractivity contribution in [2.24, 2.45) is 5.92 Å². The molecule has 5 rings (SSSR count). The van der Waals surface area contributed by atoms with E-state index in [1.807, 2.05) is 36.4 Å². The first kappa shape index (κ1) is 28.1. The Balaban J connectivity index is 1.35. The van der Waals surface area contributed by atoms with Gasteiger partial charge in [0.1, 0.15) is 11.5 Å². The van der Waals surface area contributed by atoms with Crippen LogP contribution in [-0.2, 0) is 36.0 Å². The van der Waals surface area contributed by atoms with Gasteiger partial charge in [-0.25, -0.2) is 18.7 Å². The third-order valence-electron chi connectivity index (χ3n) is 8.49. The van der Waals surface area contributed by atoms with Crippen molar-refractivity contribution in [1.82, 2.24) is 10.8 Å². The molecule has 1 aliphatic carbocycles. The maximum absolute atomic E-state index is 13.2. The van der Waals surface area contributed by atoms with Crippen LogP contribution in [0.3, 0.4) is 0 Å². The number of hydrogen-bond acceptors (Lipinski definition) is 7. The van der Waals surface area contributed by atoms with Crippen LogP contribution in [0, 0.1) is 5.92 Å². The Kier molecular flexibility index (Phi) is 8.91. The highest BCUT2D eigenvalue weighted by Gasteiger charge is 2.47. The van der Waals surface area contributed by atoms with Gasteiger partial charge in [-0.15, -0.1) is 0 Å². The summed E-state index contributed by atoms with van der Waals surface area (Å²) >= 11 is 0. The van der Waals surface area contributed by atoms with E-state index in [1.165, 1.54) is 5.56 Å². The second-order valence-electron chi connectivity index (χ2n) is 11.1. The molecule has 2 heterocycles. The molecule has 1 amide bonds.